The van der Waals surface area contributed by atoms with Gasteiger partial charge in [-0.05, 0) is 30.2 Å². The Kier molecular flexibility index (Phi) is 5.54. The fourth-order valence-corrected chi connectivity index (χ4v) is 3.86. The number of fused-ring (bicyclic) bond motifs is 1. The van der Waals surface area contributed by atoms with Crippen LogP contribution in [0.15, 0.2) is 59.5 Å². The number of benzene rings is 2. The van der Waals surface area contributed by atoms with Gasteiger partial charge in [0.15, 0.2) is 0 Å². The van der Waals surface area contributed by atoms with E-state index in [1.165, 1.54) is 10.5 Å². The molecule has 1 heterocycles. The maximum absolute atomic E-state index is 12.2. The van der Waals surface area contributed by atoms with E-state index in [0.29, 0.717) is 12.1 Å². The molecule has 0 unspecified atom stereocenters. The molecule has 0 aromatic heterocycles. The molecule has 0 saturated carbocycles. The lowest BCUT2D eigenvalue weighted by Crippen LogP contribution is -2.34. The molecule has 2 N–H and O–H groups in total. The summed E-state index contributed by atoms with van der Waals surface area (Å²) in [5.74, 6) is 0.824. The number of rotatable bonds is 5. The van der Waals surface area contributed by atoms with E-state index in [1.807, 2.05) is 42.1 Å². The molecule has 0 spiro atoms. The fourth-order valence-electron chi connectivity index (χ4n) is 2.74. The molecule has 0 saturated heterocycles. The Morgan fingerprint density at radius 3 is 2.62 bits per heavy atom. The molecule has 1 atom stereocenters. The molecule has 1 aliphatic heterocycles. The van der Waals surface area contributed by atoms with Gasteiger partial charge < -0.3 is 10.6 Å². The van der Waals surface area contributed by atoms with Crippen LogP contribution in [-0.2, 0) is 4.79 Å². The topological polar surface area (TPSA) is 58.2 Å². The summed E-state index contributed by atoms with van der Waals surface area (Å²) >= 11 is 1.83. The molecule has 0 aliphatic carbocycles. The molecular weight excluding hydrogens is 320 g/mol. The molecule has 4 nitrogen and oxygen atoms in total. The van der Waals surface area contributed by atoms with Gasteiger partial charge in [-0.2, -0.15) is 0 Å². The zero-order valence-corrected chi connectivity index (χ0v) is 14.1. The second-order valence-corrected chi connectivity index (χ2v) is 6.80. The largest absolute Gasteiger partial charge is 0.352 e. The molecule has 1 aliphatic rings. The second-order valence-electron chi connectivity index (χ2n) is 5.67. The van der Waals surface area contributed by atoms with Crippen molar-refractivity contribution < 1.29 is 9.59 Å². The van der Waals surface area contributed by atoms with Crippen molar-refractivity contribution in [3.05, 3.63) is 65.7 Å². The molecular formula is C19H20N2O2S. The predicted octanol–water partition coefficient (Wildman–Crippen LogP) is 3.16. The van der Waals surface area contributed by atoms with Crippen LogP contribution in [0.4, 0.5) is 0 Å². The summed E-state index contributed by atoms with van der Waals surface area (Å²) in [5.41, 5.74) is 1.80. The molecule has 24 heavy (non-hydrogen) atoms. The number of thioether (sulfide) groups is 1. The first-order valence-electron chi connectivity index (χ1n) is 8.08. The van der Waals surface area contributed by atoms with Gasteiger partial charge in [-0.3, -0.25) is 9.59 Å². The van der Waals surface area contributed by atoms with Crippen LogP contribution in [0.25, 0.3) is 0 Å². The predicted molar refractivity (Wildman–Crippen MR) is 96.1 cm³/mol. The Hall–Kier alpha value is -2.27. The van der Waals surface area contributed by atoms with Crippen molar-refractivity contribution in [1.82, 2.24) is 10.6 Å². The van der Waals surface area contributed by atoms with Crippen molar-refractivity contribution >= 4 is 23.6 Å². The first kappa shape index (κ1) is 16.6. The van der Waals surface area contributed by atoms with Crippen LogP contribution in [0.3, 0.4) is 0 Å². The van der Waals surface area contributed by atoms with Crippen LogP contribution < -0.4 is 10.6 Å². The van der Waals surface area contributed by atoms with Crippen LogP contribution >= 0.6 is 11.8 Å². The Labute approximate surface area is 146 Å². The van der Waals surface area contributed by atoms with E-state index in [-0.39, 0.29) is 24.3 Å². The Bertz CT molecular complexity index is 718. The van der Waals surface area contributed by atoms with Crippen molar-refractivity contribution in [1.29, 1.82) is 0 Å². The average molecular weight is 340 g/mol. The van der Waals surface area contributed by atoms with E-state index < -0.39 is 0 Å². The number of hydrogen-bond donors (Lipinski definition) is 2. The summed E-state index contributed by atoms with van der Waals surface area (Å²) in [6.07, 6.45) is 1.22. The highest BCUT2D eigenvalue weighted by Crippen LogP contribution is 2.35. The summed E-state index contributed by atoms with van der Waals surface area (Å²) in [5, 5.41) is 5.87. The van der Waals surface area contributed by atoms with E-state index in [0.717, 1.165) is 12.2 Å². The fraction of sp³-hybridized carbons (Fsp3) is 0.263. The van der Waals surface area contributed by atoms with Crippen molar-refractivity contribution in [2.24, 2.45) is 0 Å². The van der Waals surface area contributed by atoms with Crippen molar-refractivity contribution in [3.63, 3.8) is 0 Å². The molecule has 0 radical (unpaired) electrons. The minimum Gasteiger partial charge on any atom is -0.352 e. The second kappa shape index (κ2) is 8.02. The number of carbonyl (C=O) groups excluding carboxylic acids is 2. The zero-order chi connectivity index (χ0) is 16.8. The lowest BCUT2D eigenvalue weighted by molar-refractivity contribution is -0.121. The highest BCUT2D eigenvalue weighted by Gasteiger charge is 2.21. The van der Waals surface area contributed by atoms with Gasteiger partial charge in [-0.1, -0.05) is 36.4 Å². The molecule has 0 bridgehead atoms. The van der Waals surface area contributed by atoms with Gasteiger partial charge in [0.05, 0.1) is 6.04 Å². The summed E-state index contributed by atoms with van der Waals surface area (Å²) in [6, 6.07) is 17.3. The smallest absolute Gasteiger partial charge is 0.251 e. The first-order chi connectivity index (χ1) is 11.7. The third kappa shape index (κ3) is 4.17. The Morgan fingerprint density at radius 2 is 1.79 bits per heavy atom. The molecule has 124 valence electrons. The summed E-state index contributed by atoms with van der Waals surface area (Å²) < 4.78 is 0. The molecule has 5 heteroatoms. The number of carbonyl (C=O) groups is 2. The minimum absolute atomic E-state index is 0.0323. The van der Waals surface area contributed by atoms with E-state index >= 15 is 0 Å². The van der Waals surface area contributed by atoms with Crippen molar-refractivity contribution in [2.75, 3.05) is 12.3 Å². The highest BCUT2D eigenvalue weighted by atomic mass is 32.2. The van der Waals surface area contributed by atoms with Gasteiger partial charge in [0, 0.05) is 29.2 Å². The third-order valence-electron chi connectivity index (χ3n) is 3.97. The van der Waals surface area contributed by atoms with Crippen LogP contribution in [-0.4, -0.2) is 24.1 Å². The standard InChI is InChI=1S/C19H20N2O2S/c22-18(10-12-20-19(23)14-6-2-1-3-7-14)21-16-11-13-24-17-9-5-4-8-15(16)17/h1-9,16H,10-13H2,(H,20,23)(H,21,22)/t16-/m0/s1. The number of amides is 2. The first-order valence-corrected chi connectivity index (χ1v) is 9.07. The molecule has 2 aromatic carbocycles. The van der Waals surface area contributed by atoms with Gasteiger partial charge in [-0.25, -0.2) is 0 Å². The number of hydrogen-bond acceptors (Lipinski definition) is 3. The normalized spacial score (nSPS) is 16.1. The van der Waals surface area contributed by atoms with Crippen molar-refractivity contribution in [3.8, 4) is 0 Å². The van der Waals surface area contributed by atoms with Gasteiger partial charge >= 0.3 is 0 Å². The summed E-state index contributed by atoms with van der Waals surface area (Å²) in [4.78, 5) is 25.3. The Balaban J connectivity index is 1.48. The van der Waals surface area contributed by atoms with Gasteiger partial charge in [0.2, 0.25) is 5.91 Å². The van der Waals surface area contributed by atoms with Crippen LogP contribution in [0.1, 0.15) is 34.8 Å². The molecule has 2 aromatic rings. The van der Waals surface area contributed by atoms with E-state index in [9.17, 15) is 9.59 Å². The highest BCUT2D eigenvalue weighted by molar-refractivity contribution is 7.99. The van der Waals surface area contributed by atoms with Crippen molar-refractivity contribution in [2.45, 2.75) is 23.8 Å². The molecule has 2 amide bonds. The SMILES string of the molecule is O=C(CCNC(=O)c1ccccc1)N[C@H]1CCSc2ccccc21. The van der Waals surface area contributed by atoms with E-state index in [2.05, 4.69) is 22.8 Å². The molecule has 3 rings (SSSR count). The van der Waals surface area contributed by atoms with Gasteiger partial charge in [-0.15, -0.1) is 11.8 Å². The minimum atomic E-state index is -0.150. The van der Waals surface area contributed by atoms with Crippen LogP contribution in [0.2, 0.25) is 0 Å². The Morgan fingerprint density at radius 1 is 1.04 bits per heavy atom. The maximum atomic E-state index is 12.2. The quantitative estimate of drug-likeness (QED) is 0.879. The third-order valence-corrected chi connectivity index (χ3v) is 5.09. The zero-order valence-electron chi connectivity index (χ0n) is 13.3. The lowest BCUT2D eigenvalue weighted by atomic mass is 10.0. The summed E-state index contributed by atoms with van der Waals surface area (Å²) in [6.45, 7) is 0.336. The van der Waals surface area contributed by atoms with E-state index in [4.69, 9.17) is 0 Å². The van der Waals surface area contributed by atoms with E-state index in [1.54, 1.807) is 12.1 Å². The monoisotopic (exact) mass is 340 g/mol. The van der Waals surface area contributed by atoms with Gasteiger partial charge in [0.25, 0.3) is 5.91 Å². The average Bonchev–Trinajstić information content (AvgIpc) is 2.63. The number of nitrogens with one attached hydrogen (secondary N) is 2. The van der Waals surface area contributed by atoms with Crippen LogP contribution in [0, 0.1) is 0 Å². The lowest BCUT2D eigenvalue weighted by Gasteiger charge is -2.25. The molecule has 0 fully saturated rings. The van der Waals surface area contributed by atoms with Crippen LogP contribution in [0.5, 0.6) is 0 Å². The summed E-state index contributed by atoms with van der Waals surface area (Å²) in [7, 11) is 0. The maximum Gasteiger partial charge on any atom is 0.251 e. The van der Waals surface area contributed by atoms with Gasteiger partial charge in [0.1, 0.15) is 0 Å².